The molecule has 2 atom stereocenters. The van der Waals surface area contributed by atoms with Crippen LogP contribution in [0.15, 0.2) is 45.9 Å². The number of rotatable bonds is 14. The first kappa shape index (κ1) is 33.1. The number of nitrogens with one attached hydrogen (secondary N) is 2. The Kier molecular flexibility index (Phi) is 10.2. The summed E-state index contributed by atoms with van der Waals surface area (Å²) in [4.78, 5) is 64.6. The maximum atomic E-state index is 13.2. The summed E-state index contributed by atoms with van der Waals surface area (Å²) >= 11 is 2.07. The number of hydrogen-bond acceptors (Lipinski definition) is 13. The average Bonchev–Trinajstić information content (AvgIpc) is 3.43. The highest BCUT2D eigenvalue weighted by atomic mass is 32.2. The molecular formula is C26H33N10O7S2+. The molecule has 8 N–H and O–H groups in total. The molecule has 2 aromatic rings. The number of aliphatic imine (C=N–C) groups is 1. The molecular weight excluding hydrogens is 628 g/mol. The van der Waals surface area contributed by atoms with Crippen molar-refractivity contribution in [2.45, 2.75) is 50.8 Å². The second-order valence-electron chi connectivity index (χ2n) is 10.3. The van der Waals surface area contributed by atoms with Gasteiger partial charge in [0.25, 0.3) is 11.8 Å². The lowest BCUT2D eigenvalue weighted by molar-refractivity contribution is -0.688. The van der Waals surface area contributed by atoms with Crippen LogP contribution >= 0.6 is 23.3 Å². The number of carboxylic acids is 2. The fraction of sp³-hybridized carbons (Fsp3) is 0.423. The van der Waals surface area contributed by atoms with E-state index in [1.165, 1.54) is 25.6 Å². The molecule has 19 heteroatoms. The zero-order valence-electron chi connectivity index (χ0n) is 24.6. The lowest BCUT2D eigenvalue weighted by atomic mass is 10.0. The number of carbonyl (C=O) groups excluding carboxylic acids is 2. The third-order valence-electron chi connectivity index (χ3n) is 6.67. The number of amides is 2. The van der Waals surface area contributed by atoms with Crippen molar-refractivity contribution in [1.82, 2.24) is 19.6 Å². The molecule has 0 bridgehead atoms. The van der Waals surface area contributed by atoms with Crippen LogP contribution in [0.25, 0.3) is 0 Å². The Balaban J connectivity index is 1.45. The summed E-state index contributed by atoms with van der Waals surface area (Å²) < 4.78 is 5.74. The van der Waals surface area contributed by atoms with Gasteiger partial charge in [0.05, 0.1) is 12.4 Å². The Bertz CT molecular complexity index is 1570. The van der Waals surface area contributed by atoms with E-state index in [1.54, 1.807) is 17.0 Å². The topological polar surface area (TPSA) is 252 Å². The van der Waals surface area contributed by atoms with Gasteiger partial charge in [0.2, 0.25) is 17.1 Å². The van der Waals surface area contributed by atoms with Crippen LogP contribution in [0.1, 0.15) is 33.0 Å². The summed E-state index contributed by atoms with van der Waals surface area (Å²) in [7, 11) is 0. The number of pyridine rings is 1. The first-order valence-corrected chi connectivity index (χ1v) is 15.5. The van der Waals surface area contributed by atoms with Gasteiger partial charge in [-0.1, -0.05) is 12.1 Å². The Morgan fingerprint density at radius 2 is 1.98 bits per heavy atom. The smallest absolute Gasteiger partial charge is 0.352 e. The van der Waals surface area contributed by atoms with Gasteiger partial charge in [-0.25, -0.2) is 14.2 Å². The van der Waals surface area contributed by atoms with Gasteiger partial charge in [0.1, 0.15) is 17.1 Å². The fourth-order valence-electron chi connectivity index (χ4n) is 4.14. The van der Waals surface area contributed by atoms with Crippen molar-refractivity contribution in [2.75, 3.05) is 29.9 Å². The van der Waals surface area contributed by atoms with Crippen LogP contribution in [-0.2, 0) is 30.6 Å². The van der Waals surface area contributed by atoms with Crippen molar-refractivity contribution < 1.29 is 38.8 Å². The normalized spacial score (nSPS) is 18.6. The molecule has 2 aliphatic rings. The SMILES string of the molecule is CCC(N)=NCCNc1cc[n+](CC2=C(C(=O)O)N3C(=O)C(NC(=O)C(=NOC(C)(C)C(=O)O)c4nsc(N)n4)C3SC2)cc1. The number of fused-ring (bicyclic) bond motifs is 1. The Morgan fingerprint density at radius 3 is 2.58 bits per heavy atom. The van der Waals surface area contributed by atoms with E-state index >= 15 is 0 Å². The molecule has 0 spiro atoms. The fourth-order valence-corrected chi connectivity index (χ4v) is 5.91. The van der Waals surface area contributed by atoms with E-state index in [1.807, 2.05) is 19.1 Å². The molecule has 2 aliphatic heterocycles. The van der Waals surface area contributed by atoms with Crippen LogP contribution in [0.5, 0.6) is 0 Å². The second-order valence-corrected chi connectivity index (χ2v) is 12.2. The lowest BCUT2D eigenvalue weighted by Gasteiger charge is -2.49. The van der Waals surface area contributed by atoms with E-state index in [0.717, 1.165) is 22.1 Å². The summed E-state index contributed by atoms with van der Waals surface area (Å²) in [5, 5.41) is 28.1. The molecule has 240 valence electrons. The molecule has 4 heterocycles. The predicted octanol–water partition coefficient (Wildman–Crippen LogP) is -0.390. The van der Waals surface area contributed by atoms with E-state index in [2.05, 4.69) is 30.1 Å². The maximum absolute atomic E-state index is 13.2. The van der Waals surface area contributed by atoms with Gasteiger partial charge < -0.3 is 37.2 Å². The van der Waals surface area contributed by atoms with Gasteiger partial charge in [-0.05, 0) is 13.8 Å². The molecule has 2 unspecified atom stereocenters. The van der Waals surface area contributed by atoms with Crippen LogP contribution in [0, 0.1) is 0 Å². The number of anilines is 2. The van der Waals surface area contributed by atoms with Crippen LogP contribution in [0.4, 0.5) is 10.8 Å². The zero-order valence-corrected chi connectivity index (χ0v) is 26.2. The molecule has 0 aliphatic carbocycles. The van der Waals surface area contributed by atoms with Gasteiger partial charge >= 0.3 is 11.9 Å². The van der Waals surface area contributed by atoms with Crippen molar-refractivity contribution in [3.8, 4) is 0 Å². The molecule has 45 heavy (non-hydrogen) atoms. The summed E-state index contributed by atoms with van der Waals surface area (Å²) in [6.45, 7) is 5.75. The summed E-state index contributed by atoms with van der Waals surface area (Å²) in [5.41, 5.74) is 10.3. The van der Waals surface area contributed by atoms with E-state index < -0.39 is 46.5 Å². The Hall–Kier alpha value is -4.78. The molecule has 0 aromatic carbocycles. The zero-order chi connectivity index (χ0) is 32.9. The third-order valence-corrected chi connectivity index (χ3v) is 8.55. The van der Waals surface area contributed by atoms with E-state index in [0.29, 0.717) is 30.9 Å². The van der Waals surface area contributed by atoms with Gasteiger partial charge in [0, 0.05) is 53.6 Å². The quantitative estimate of drug-likeness (QED) is 0.0377. The summed E-state index contributed by atoms with van der Waals surface area (Å²) in [6, 6.07) is 2.60. The Morgan fingerprint density at radius 1 is 1.27 bits per heavy atom. The first-order chi connectivity index (χ1) is 21.3. The number of hydrogen-bond donors (Lipinski definition) is 6. The largest absolute Gasteiger partial charge is 0.478 e. The van der Waals surface area contributed by atoms with Crippen LogP contribution in [0.2, 0.25) is 0 Å². The number of amidine groups is 1. The van der Waals surface area contributed by atoms with Crippen LogP contribution in [0.3, 0.4) is 0 Å². The number of carbonyl (C=O) groups is 4. The first-order valence-electron chi connectivity index (χ1n) is 13.6. The molecule has 0 saturated carbocycles. The van der Waals surface area contributed by atoms with Crippen molar-refractivity contribution in [1.29, 1.82) is 0 Å². The highest BCUT2D eigenvalue weighted by molar-refractivity contribution is 8.00. The number of β-lactam (4-membered cyclic amide) rings is 1. The minimum absolute atomic E-state index is 0.0204. The number of aliphatic carboxylic acids is 2. The van der Waals surface area contributed by atoms with Crippen LogP contribution in [-0.4, -0.2) is 95.6 Å². The molecule has 0 radical (unpaired) electrons. The maximum Gasteiger partial charge on any atom is 0.352 e. The summed E-state index contributed by atoms with van der Waals surface area (Å²) in [5.74, 6) is -3.52. The van der Waals surface area contributed by atoms with E-state index in [9.17, 15) is 29.4 Å². The second kappa shape index (κ2) is 13.9. The van der Waals surface area contributed by atoms with Crippen LogP contribution < -0.4 is 26.7 Å². The standard InChI is InChI=1S/C26H32N10O7S2/c1-4-15(27)30-8-7-29-14-5-9-35(10-6-14)11-13-12-44-22-17(21(38)36(22)18(13)23(39)40)31-20(37)16(19-32-25(28)45-34-19)33-43-26(2,3)24(41)42/h5-6,9-10,17,22H,4,7-8,11-12H2,1-3H3,(H7,27,28,30,31,32,34,37,39,40,41,42)/p+1. The number of thioether (sulfide) groups is 1. The highest BCUT2D eigenvalue weighted by Crippen LogP contribution is 2.40. The number of nitrogens with two attached hydrogens (primary N) is 2. The molecule has 17 nitrogen and oxygen atoms in total. The monoisotopic (exact) mass is 661 g/mol. The van der Waals surface area contributed by atoms with Gasteiger partial charge in [0.15, 0.2) is 24.1 Å². The number of aromatic nitrogens is 3. The molecule has 2 amide bonds. The van der Waals surface area contributed by atoms with E-state index in [-0.39, 0.29) is 29.0 Å². The van der Waals surface area contributed by atoms with Crippen molar-refractivity contribution in [3.63, 3.8) is 0 Å². The van der Waals surface area contributed by atoms with Gasteiger partial charge in [-0.2, -0.15) is 9.36 Å². The lowest BCUT2D eigenvalue weighted by Crippen LogP contribution is -2.71. The van der Waals surface area contributed by atoms with Crippen molar-refractivity contribution in [3.05, 3.63) is 41.6 Å². The predicted molar refractivity (Wildman–Crippen MR) is 165 cm³/mol. The molecule has 4 rings (SSSR count). The van der Waals surface area contributed by atoms with Gasteiger partial charge in [-0.3, -0.25) is 19.5 Å². The molecule has 1 saturated heterocycles. The number of nitrogens with zero attached hydrogens (tertiary/aromatic N) is 6. The number of nitrogen functional groups attached to an aromatic ring is 1. The number of carboxylic acid groups (broad SMARTS) is 2. The van der Waals surface area contributed by atoms with Gasteiger partial charge in [-0.15, -0.1) is 11.8 Å². The Labute approximate surface area is 265 Å². The number of oxime groups is 1. The minimum atomic E-state index is -1.79. The average molecular weight is 662 g/mol. The third kappa shape index (κ3) is 7.66. The highest BCUT2D eigenvalue weighted by Gasteiger charge is 2.55. The summed E-state index contributed by atoms with van der Waals surface area (Å²) in [6.07, 6.45) is 4.28. The molecule has 1 fully saturated rings. The van der Waals surface area contributed by atoms with Crippen molar-refractivity contribution >= 4 is 69.4 Å². The van der Waals surface area contributed by atoms with E-state index in [4.69, 9.17) is 16.3 Å². The van der Waals surface area contributed by atoms with Crippen molar-refractivity contribution in [2.24, 2.45) is 15.9 Å². The minimum Gasteiger partial charge on any atom is -0.478 e. The molecule has 2 aromatic heterocycles.